The smallest absolute Gasteiger partial charge is 0.351 e. The normalized spacial score (nSPS) is 23.8. The van der Waals surface area contributed by atoms with E-state index >= 15 is 8.78 Å². The summed E-state index contributed by atoms with van der Waals surface area (Å²) in [5.74, 6) is -3.57. The SMILES string of the molecule is CC(C)(C)[Si](C)(C)OC[C@H]1O[C@@H](n2ccc3n[nH]c(=O)n3c2=O)C(F)(F)[C@@H]1O[Si](C)(C)C(C)(C)C. The minimum Gasteiger partial charge on any atom is -0.414 e. The van der Waals surface area contributed by atoms with Crippen molar-refractivity contribution >= 4 is 22.3 Å². The Hall–Kier alpha value is -1.68. The number of nitrogens with zero attached hydrogens (tertiary/aromatic N) is 3. The van der Waals surface area contributed by atoms with Gasteiger partial charge in [0, 0.05) is 6.20 Å². The van der Waals surface area contributed by atoms with Crippen LogP contribution < -0.4 is 11.4 Å². The first kappa shape index (κ1) is 27.9. The maximum Gasteiger partial charge on any atom is 0.351 e. The number of hydrogen-bond donors (Lipinski definition) is 1. The number of H-pyrrole nitrogens is 1. The molecule has 9 nitrogen and oxygen atoms in total. The van der Waals surface area contributed by atoms with Gasteiger partial charge in [-0.15, -0.1) is 0 Å². The Morgan fingerprint density at radius 1 is 1.09 bits per heavy atom. The number of hydrogen-bond acceptors (Lipinski definition) is 6. The highest BCUT2D eigenvalue weighted by Crippen LogP contribution is 2.48. The molecule has 0 bridgehead atoms. The van der Waals surface area contributed by atoms with E-state index in [1.165, 1.54) is 6.07 Å². The van der Waals surface area contributed by atoms with Gasteiger partial charge in [-0.05, 0) is 42.3 Å². The van der Waals surface area contributed by atoms with Crippen molar-refractivity contribution in [2.45, 2.75) is 102 Å². The van der Waals surface area contributed by atoms with Gasteiger partial charge >= 0.3 is 17.3 Å². The molecule has 3 rings (SSSR count). The van der Waals surface area contributed by atoms with Crippen LogP contribution in [0.25, 0.3) is 5.65 Å². The highest BCUT2D eigenvalue weighted by molar-refractivity contribution is 6.74. The molecule has 3 atom stereocenters. The third-order valence-electron chi connectivity index (χ3n) is 7.74. The van der Waals surface area contributed by atoms with Crippen LogP contribution in [-0.2, 0) is 13.6 Å². The van der Waals surface area contributed by atoms with Crippen molar-refractivity contribution in [1.29, 1.82) is 0 Å². The van der Waals surface area contributed by atoms with Gasteiger partial charge in [0.1, 0.15) is 12.2 Å². The first-order valence-corrected chi connectivity index (χ1v) is 17.6. The van der Waals surface area contributed by atoms with Crippen LogP contribution in [0.2, 0.25) is 36.3 Å². The highest BCUT2D eigenvalue weighted by Gasteiger charge is 2.63. The number of rotatable bonds is 6. The molecule has 2 aromatic rings. The average Bonchev–Trinajstić information content (AvgIpc) is 3.17. The van der Waals surface area contributed by atoms with Crippen molar-refractivity contribution in [2.75, 3.05) is 6.61 Å². The summed E-state index contributed by atoms with van der Waals surface area (Å²) in [7, 11) is -4.95. The molecule has 1 aliphatic rings. The van der Waals surface area contributed by atoms with E-state index in [2.05, 4.69) is 31.0 Å². The first-order chi connectivity index (χ1) is 15.7. The van der Waals surface area contributed by atoms with Crippen LogP contribution >= 0.6 is 0 Å². The minimum absolute atomic E-state index is 0.0319. The summed E-state index contributed by atoms with van der Waals surface area (Å²) >= 11 is 0. The monoisotopic (exact) mass is 532 g/mol. The van der Waals surface area contributed by atoms with Crippen LogP contribution in [0.1, 0.15) is 47.8 Å². The van der Waals surface area contributed by atoms with Gasteiger partial charge in [-0.1, -0.05) is 41.5 Å². The van der Waals surface area contributed by atoms with E-state index in [1.54, 1.807) is 0 Å². The van der Waals surface area contributed by atoms with Crippen molar-refractivity contribution in [2.24, 2.45) is 0 Å². The summed E-state index contributed by atoms with van der Waals surface area (Å²) < 4.78 is 51.8. The number of halogens is 2. The van der Waals surface area contributed by atoms with E-state index < -0.39 is 52.4 Å². The maximum atomic E-state index is 16.0. The predicted octanol–water partition coefficient (Wildman–Crippen LogP) is 4.13. The molecule has 0 aromatic carbocycles. The van der Waals surface area contributed by atoms with Gasteiger partial charge in [0.15, 0.2) is 22.3 Å². The van der Waals surface area contributed by atoms with Crippen molar-refractivity contribution in [3.8, 4) is 0 Å². The summed E-state index contributed by atoms with van der Waals surface area (Å²) in [6.45, 7) is 19.9. The second kappa shape index (κ2) is 8.72. The second-order valence-electron chi connectivity index (χ2n) is 12.3. The van der Waals surface area contributed by atoms with Gasteiger partial charge in [-0.2, -0.15) is 18.3 Å². The van der Waals surface area contributed by atoms with Gasteiger partial charge in [-0.3, -0.25) is 4.57 Å². The Labute approximate surface area is 206 Å². The lowest BCUT2D eigenvalue weighted by molar-refractivity contribution is -0.138. The molecule has 1 fully saturated rings. The van der Waals surface area contributed by atoms with E-state index in [0.29, 0.717) is 4.40 Å². The Bertz CT molecular complexity index is 1190. The zero-order valence-electron chi connectivity index (χ0n) is 22.2. The summed E-state index contributed by atoms with van der Waals surface area (Å²) in [6, 6.07) is 1.31. The topological polar surface area (TPSA) is 99.9 Å². The van der Waals surface area contributed by atoms with Crippen molar-refractivity contribution in [1.82, 2.24) is 19.2 Å². The molecule has 0 unspecified atom stereocenters. The molecule has 0 saturated carbocycles. The molecular formula is C22H38F2N4O5Si2. The number of ether oxygens (including phenoxy) is 1. The van der Waals surface area contributed by atoms with Gasteiger partial charge in [0.05, 0.1) is 6.61 Å². The van der Waals surface area contributed by atoms with Crippen LogP contribution in [0.4, 0.5) is 8.78 Å². The molecule has 2 aromatic heterocycles. The van der Waals surface area contributed by atoms with Crippen LogP contribution in [0.5, 0.6) is 0 Å². The number of alkyl halides is 2. The lowest BCUT2D eigenvalue weighted by atomic mass is 10.1. The van der Waals surface area contributed by atoms with Crippen LogP contribution in [0.15, 0.2) is 21.9 Å². The predicted molar refractivity (Wildman–Crippen MR) is 134 cm³/mol. The summed E-state index contributed by atoms with van der Waals surface area (Å²) in [5.41, 5.74) is -1.75. The van der Waals surface area contributed by atoms with Gasteiger partial charge in [0.2, 0.25) is 6.23 Å². The molecular weight excluding hydrogens is 494 g/mol. The molecule has 198 valence electrons. The zero-order valence-corrected chi connectivity index (χ0v) is 24.2. The van der Waals surface area contributed by atoms with Gasteiger partial charge in [0.25, 0.3) is 0 Å². The Balaban J connectivity index is 2.05. The third kappa shape index (κ3) is 4.97. The lowest BCUT2D eigenvalue weighted by Crippen LogP contribution is -2.53. The number of aromatic nitrogens is 4. The maximum absolute atomic E-state index is 16.0. The molecule has 0 aliphatic carbocycles. The van der Waals surface area contributed by atoms with Crippen LogP contribution in [-0.4, -0.2) is 60.5 Å². The molecule has 3 heterocycles. The van der Waals surface area contributed by atoms with Crippen LogP contribution in [0.3, 0.4) is 0 Å². The second-order valence-corrected chi connectivity index (χ2v) is 21.9. The fraction of sp³-hybridized carbons (Fsp3) is 0.773. The van der Waals surface area contributed by atoms with E-state index in [1.807, 2.05) is 47.0 Å². The fourth-order valence-electron chi connectivity index (χ4n) is 3.36. The highest BCUT2D eigenvalue weighted by atomic mass is 28.4. The largest absolute Gasteiger partial charge is 0.414 e. The standard InChI is InChI=1S/C22H38F2N4O5Si2/c1-20(2,3)34(7,8)31-13-14-16(33-35(9,10)21(4,5)6)22(23,24)17(32-14)27-12-11-15-25-26-18(29)28(15)19(27)30/h11-12,14,16-17H,13H2,1-10H3,(H,26,29)/t14-,16-,17-/m1/s1. The molecule has 0 radical (unpaired) electrons. The van der Waals surface area contributed by atoms with Gasteiger partial charge in [-0.25, -0.2) is 14.7 Å². The number of fused-ring (bicyclic) bond motifs is 1. The average molecular weight is 533 g/mol. The fourth-order valence-corrected chi connectivity index (χ4v) is 5.67. The van der Waals surface area contributed by atoms with E-state index in [9.17, 15) is 9.59 Å². The van der Waals surface area contributed by atoms with E-state index in [4.69, 9.17) is 13.6 Å². The Kier molecular flexibility index (Phi) is 6.95. The third-order valence-corrected chi connectivity index (χ3v) is 16.7. The van der Waals surface area contributed by atoms with Crippen molar-refractivity contribution in [3.05, 3.63) is 33.2 Å². The molecule has 0 amide bonds. The summed E-state index contributed by atoms with van der Waals surface area (Å²) in [5, 5.41) is 5.41. The van der Waals surface area contributed by atoms with Gasteiger partial charge < -0.3 is 13.6 Å². The molecule has 35 heavy (non-hydrogen) atoms. The molecule has 13 heteroatoms. The quantitative estimate of drug-likeness (QED) is 0.562. The molecule has 1 aliphatic heterocycles. The molecule has 0 spiro atoms. The van der Waals surface area contributed by atoms with Crippen LogP contribution in [0, 0.1) is 0 Å². The minimum atomic E-state index is -3.57. The Morgan fingerprint density at radius 3 is 2.20 bits per heavy atom. The number of nitrogens with one attached hydrogen (secondary N) is 1. The first-order valence-electron chi connectivity index (χ1n) is 11.7. The molecule has 1 N–H and O–H groups in total. The summed E-state index contributed by atoms with van der Waals surface area (Å²) in [6.07, 6.45) is -3.54. The number of aromatic amines is 1. The molecule has 1 saturated heterocycles. The lowest BCUT2D eigenvalue weighted by Gasteiger charge is -2.41. The van der Waals surface area contributed by atoms with Crippen molar-refractivity contribution < 1.29 is 22.4 Å². The van der Waals surface area contributed by atoms with E-state index in [0.717, 1.165) is 10.8 Å². The van der Waals surface area contributed by atoms with E-state index in [-0.39, 0.29) is 22.3 Å². The summed E-state index contributed by atoms with van der Waals surface area (Å²) in [4.78, 5) is 25.0. The Morgan fingerprint density at radius 2 is 1.66 bits per heavy atom. The van der Waals surface area contributed by atoms with Crippen molar-refractivity contribution in [3.63, 3.8) is 0 Å². The zero-order chi connectivity index (χ0) is 26.8.